The van der Waals surface area contributed by atoms with E-state index in [2.05, 4.69) is 97.9 Å². The van der Waals surface area contributed by atoms with Crippen molar-refractivity contribution >= 4 is 40.2 Å². The van der Waals surface area contributed by atoms with Gasteiger partial charge in [0.2, 0.25) is 17.8 Å². The molecule has 13 rings (SSSR count). The number of aliphatic hydroxyl groups excluding tert-OH is 3. The number of rotatable bonds is 21. The van der Waals surface area contributed by atoms with Crippen LogP contribution in [0.1, 0.15) is 164 Å². The number of hydrogen-bond donors (Lipinski definition) is 6. The maximum Gasteiger partial charge on any atom is 0.391 e. The number of methoxy groups -OCH3 is 3. The summed E-state index contributed by atoms with van der Waals surface area (Å²) in [7, 11) is 6.96. The first kappa shape index (κ1) is 69.5. The summed E-state index contributed by atoms with van der Waals surface area (Å²) in [5, 5.41) is 62.5. The fourth-order valence-electron chi connectivity index (χ4n) is 14.1. The molecule has 6 N–H and O–H groups in total. The number of halogens is 3. The molecule has 4 aliphatic rings. The van der Waals surface area contributed by atoms with Gasteiger partial charge >= 0.3 is 6.18 Å². The Kier molecular flexibility index (Phi) is 22.9. The third kappa shape index (κ3) is 17.1. The van der Waals surface area contributed by atoms with Gasteiger partial charge in [-0.2, -0.15) is 23.4 Å². The Morgan fingerprint density at radius 2 is 1.00 bits per heavy atom. The van der Waals surface area contributed by atoms with Crippen molar-refractivity contribution in [2.75, 3.05) is 75.1 Å². The zero-order valence-corrected chi connectivity index (χ0v) is 56.6. The SMILES string of the molecule is COCCn1cc(-c2cc(C3CCC(O)CC3)n3nc(N[C@@H](C)CC(F)(F)F)ncc23)cn1.COC[C@H](C)Nc1ncc2c(-c3ccnc(N4CCCCC4)c3)cc(C3CCC(O)CC3)n2n1.COC[C@H](C)Nc1ncc2c(-c3cn(C)nc3C)cc(C3CCC(O)CC3)n2n1. The van der Waals surface area contributed by atoms with Crippen molar-refractivity contribution in [3.8, 4) is 33.4 Å². The van der Waals surface area contributed by atoms with E-state index >= 15 is 0 Å². The zero-order chi connectivity index (χ0) is 67.6. The second-order valence-corrected chi connectivity index (χ2v) is 26.7. The number of pyridine rings is 1. The number of anilines is 4. The van der Waals surface area contributed by atoms with Crippen LogP contribution >= 0.6 is 0 Å². The molecule has 27 heteroatoms. The molecule has 0 radical (unpaired) electrons. The largest absolute Gasteiger partial charge is 0.393 e. The normalized spacial score (nSPS) is 21.1. The van der Waals surface area contributed by atoms with Crippen molar-refractivity contribution in [1.29, 1.82) is 0 Å². The fraction of sp³-hybridized carbons (Fsp3) is 0.580. The third-order valence-electron chi connectivity index (χ3n) is 19.0. The summed E-state index contributed by atoms with van der Waals surface area (Å²) < 4.78 is 63.3. The van der Waals surface area contributed by atoms with Gasteiger partial charge in [-0.15, -0.1) is 15.3 Å². The average molecular weight is 1330 g/mol. The minimum absolute atomic E-state index is 0.109. The molecule has 3 atom stereocenters. The molecule has 0 bridgehead atoms. The van der Waals surface area contributed by atoms with Gasteiger partial charge in [0.15, 0.2) is 0 Å². The molecule has 518 valence electrons. The Morgan fingerprint density at radius 3 is 1.45 bits per heavy atom. The predicted octanol–water partition coefficient (Wildman–Crippen LogP) is 11.2. The smallest absolute Gasteiger partial charge is 0.391 e. The highest BCUT2D eigenvalue weighted by Crippen LogP contribution is 2.42. The van der Waals surface area contributed by atoms with Gasteiger partial charge < -0.3 is 50.4 Å². The number of piperidine rings is 1. The molecule has 9 aromatic heterocycles. The fourth-order valence-corrected chi connectivity index (χ4v) is 14.1. The Balaban J connectivity index is 0.000000147. The number of nitrogens with one attached hydrogen (secondary N) is 3. The lowest BCUT2D eigenvalue weighted by Gasteiger charge is -2.27. The van der Waals surface area contributed by atoms with Crippen molar-refractivity contribution < 1.29 is 42.7 Å². The molecule has 9 aromatic rings. The first-order valence-corrected chi connectivity index (χ1v) is 34.1. The quantitative estimate of drug-likeness (QED) is 0.0390. The van der Waals surface area contributed by atoms with Crippen molar-refractivity contribution in [2.45, 2.75) is 197 Å². The van der Waals surface area contributed by atoms with Gasteiger partial charge in [-0.25, -0.2) is 33.5 Å². The summed E-state index contributed by atoms with van der Waals surface area (Å²) in [5.41, 5.74) is 13.4. The van der Waals surface area contributed by atoms with Crippen LogP contribution < -0.4 is 20.9 Å². The molecule has 0 aromatic carbocycles. The van der Waals surface area contributed by atoms with Crippen molar-refractivity contribution in [3.63, 3.8) is 0 Å². The van der Waals surface area contributed by atoms with Gasteiger partial charge in [-0.3, -0.25) is 9.36 Å². The maximum absolute atomic E-state index is 12.7. The van der Waals surface area contributed by atoms with Crippen LogP contribution in [0, 0.1) is 6.92 Å². The van der Waals surface area contributed by atoms with E-state index in [4.69, 9.17) is 24.4 Å². The maximum atomic E-state index is 12.7. The molecule has 1 aliphatic heterocycles. The molecule has 0 spiro atoms. The van der Waals surface area contributed by atoms with Crippen LogP contribution in [0.3, 0.4) is 0 Å². The first-order chi connectivity index (χ1) is 46.3. The molecule has 4 fully saturated rings. The summed E-state index contributed by atoms with van der Waals surface area (Å²) in [5.74, 6) is 3.31. The van der Waals surface area contributed by atoms with E-state index in [1.165, 1.54) is 37.6 Å². The topological polar surface area (TPSA) is 267 Å². The molecule has 1 saturated heterocycles. The number of ether oxygens (including phenoxy) is 3. The molecular weight excluding hydrogens is 1230 g/mol. The molecule has 96 heavy (non-hydrogen) atoms. The lowest BCUT2D eigenvalue weighted by molar-refractivity contribution is -0.136. The zero-order valence-electron chi connectivity index (χ0n) is 56.6. The third-order valence-corrected chi connectivity index (χ3v) is 19.0. The highest BCUT2D eigenvalue weighted by atomic mass is 19.4. The molecule has 0 unspecified atom stereocenters. The van der Waals surface area contributed by atoms with E-state index in [1.54, 1.807) is 42.9 Å². The van der Waals surface area contributed by atoms with Crippen LogP contribution in [0.2, 0.25) is 0 Å². The van der Waals surface area contributed by atoms with Crippen LogP contribution in [0.25, 0.3) is 49.9 Å². The van der Waals surface area contributed by atoms with E-state index in [0.29, 0.717) is 62.9 Å². The van der Waals surface area contributed by atoms with E-state index < -0.39 is 18.6 Å². The predicted molar refractivity (Wildman–Crippen MR) is 364 cm³/mol. The van der Waals surface area contributed by atoms with Gasteiger partial charge in [0.25, 0.3) is 0 Å². The summed E-state index contributed by atoms with van der Waals surface area (Å²) in [6.07, 6.45) is 21.2. The number of aromatic nitrogens is 14. The van der Waals surface area contributed by atoms with Gasteiger partial charge in [-0.05, 0) is 160 Å². The Hall–Kier alpha value is -7.82. The van der Waals surface area contributed by atoms with E-state index in [1.807, 2.05) is 61.1 Å². The summed E-state index contributed by atoms with van der Waals surface area (Å²) in [4.78, 5) is 20.6. The Morgan fingerprint density at radius 1 is 0.542 bits per heavy atom. The van der Waals surface area contributed by atoms with Crippen molar-refractivity contribution in [1.82, 2.24) is 68.3 Å². The number of nitrogens with zero attached hydrogens (tertiary/aromatic N) is 15. The van der Waals surface area contributed by atoms with Crippen molar-refractivity contribution in [2.24, 2.45) is 7.05 Å². The molecule has 3 saturated carbocycles. The minimum atomic E-state index is -4.27. The molecule has 10 heterocycles. The monoisotopic (exact) mass is 1330 g/mol. The summed E-state index contributed by atoms with van der Waals surface area (Å²) >= 11 is 0. The number of fused-ring (bicyclic) bond motifs is 3. The average Bonchev–Trinajstić information content (AvgIpc) is 1.63. The first-order valence-electron chi connectivity index (χ1n) is 34.1. The standard InChI is InChI=1S/C26H36N6O2.C22H29F3N6O2.C21H30N6O2/c1-18(17-34-2)29-26-28-16-24-22(15-23(32(24)30-26)19-6-8-21(33)9-7-19)20-10-11-27-25(14-20)31-12-4-3-5-13-31;1-14(10-22(23,24)25)28-21-26-12-20-18(16-11-27-30(13-16)7-8-33-2)9-19(31(20)29-21)15-3-5-17(32)6-4-15;1-13(12-29-4)23-21-22-10-20-17(18-11-26(3)24-14(18)2)9-19(27(20)25-21)15-5-7-16(28)8-6-15/h10-11,14-16,18-19,21,33H,3-9,12-13,17H2,1-2H3,(H,29,30);9,11-15,17,32H,3-8,10H2,1-2H3,(H,28,29);9-11,13,15-16,28H,5-8,12H2,1-4H3,(H,23,25)/t18-,19?,21?;14-,15?,17?;13-,15?,16?/m000/s1. The molecule has 24 nitrogen and oxygen atoms in total. The van der Waals surface area contributed by atoms with Crippen molar-refractivity contribution in [3.05, 3.63) is 96.5 Å². The van der Waals surface area contributed by atoms with Crippen LogP contribution in [0.5, 0.6) is 0 Å². The Labute approximate surface area is 558 Å². The summed E-state index contributed by atoms with van der Waals surface area (Å²) in [6, 6.07) is 10.2. The number of aryl methyl sites for hydroxylation is 2. The van der Waals surface area contributed by atoms with Gasteiger partial charge in [0.05, 0.1) is 98.1 Å². The Bertz CT molecular complexity index is 3970. The van der Waals surface area contributed by atoms with E-state index in [-0.39, 0.29) is 42.3 Å². The van der Waals surface area contributed by atoms with Crippen LogP contribution in [0.15, 0.2) is 73.7 Å². The second-order valence-electron chi connectivity index (χ2n) is 26.7. The summed E-state index contributed by atoms with van der Waals surface area (Å²) in [6.45, 7) is 12.1. The lowest BCUT2D eigenvalue weighted by Crippen LogP contribution is -2.30. The van der Waals surface area contributed by atoms with E-state index in [9.17, 15) is 28.5 Å². The lowest BCUT2D eigenvalue weighted by atomic mass is 9.85. The number of hydrogen-bond acceptors (Lipinski definition) is 19. The number of aliphatic hydroxyl groups is 3. The number of alkyl halides is 3. The van der Waals surface area contributed by atoms with Gasteiger partial charge in [-0.1, -0.05) is 0 Å². The van der Waals surface area contributed by atoms with Crippen LogP contribution in [-0.4, -0.2) is 181 Å². The molecule has 0 amide bonds. The molecular formula is C69H95F3N18O6. The second kappa shape index (κ2) is 31.6. The minimum Gasteiger partial charge on any atom is -0.393 e. The van der Waals surface area contributed by atoms with Crippen LogP contribution in [-0.2, 0) is 27.8 Å². The van der Waals surface area contributed by atoms with Gasteiger partial charge in [0, 0.05) is 141 Å². The van der Waals surface area contributed by atoms with E-state index in [0.717, 1.165) is 144 Å². The highest BCUT2D eigenvalue weighted by molar-refractivity contribution is 5.84. The highest BCUT2D eigenvalue weighted by Gasteiger charge is 2.32. The molecule has 3 aliphatic carbocycles. The van der Waals surface area contributed by atoms with Gasteiger partial charge in [0.1, 0.15) is 5.82 Å². The van der Waals surface area contributed by atoms with Crippen LogP contribution in [0.4, 0.5) is 36.8 Å².